The lowest BCUT2D eigenvalue weighted by atomic mass is 10.1. The molecule has 1 heterocycles. The van der Waals surface area contributed by atoms with Crippen molar-refractivity contribution in [2.75, 3.05) is 25.5 Å². The van der Waals surface area contributed by atoms with E-state index in [9.17, 15) is 14.9 Å². The maximum atomic E-state index is 12.4. The van der Waals surface area contributed by atoms with E-state index in [4.69, 9.17) is 0 Å². The van der Waals surface area contributed by atoms with Crippen LogP contribution in [0.3, 0.4) is 0 Å². The second kappa shape index (κ2) is 7.78. The number of aromatic nitrogens is 2. The van der Waals surface area contributed by atoms with E-state index >= 15 is 0 Å². The highest BCUT2D eigenvalue weighted by atomic mass is 16.6. The zero-order valence-corrected chi connectivity index (χ0v) is 14.9. The van der Waals surface area contributed by atoms with Crippen LogP contribution >= 0.6 is 0 Å². The number of carbonyl (C=O) groups is 1. The SMILES string of the molecule is Cc1cc(C)n(CCCNC(=O)c2cc([N+](=O)[O-])ccc2N(C)C)n1. The fourth-order valence-corrected chi connectivity index (χ4v) is 2.64. The Bertz CT molecular complexity index is 783. The average molecular weight is 345 g/mol. The van der Waals surface area contributed by atoms with Gasteiger partial charge in [0.1, 0.15) is 0 Å². The first-order valence-corrected chi connectivity index (χ1v) is 8.04. The van der Waals surface area contributed by atoms with Crippen molar-refractivity contribution >= 4 is 17.3 Å². The zero-order valence-electron chi connectivity index (χ0n) is 14.9. The Morgan fingerprint density at radius 1 is 1.32 bits per heavy atom. The molecule has 2 rings (SSSR count). The van der Waals surface area contributed by atoms with E-state index in [1.807, 2.05) is 24.6 Å². The fraction of sp³-hybridized carbons (Fsp3) is 0.412. The lowest BCUT2D eigenvalue weighted by Crippen LogP contribution is -2.27. The average Bonchev–Trinajstić information content (AvgIpc) is 2.88. The van der Waals surface area contributed by atoms with Crippen LogP contribution in [0.25, 0.3) is 0 Å². The van der Waals surface area contributed by atoms with Crippen molar-refractivity contribution in [2.45, 2.75) is 26.8 Å². The van der Waals surface area contributed by atoms with Crippen LogP contribution in [0.15, 0.2) is 24.3 Å². The van der Waals surface area contributed by atoms with Gasteiger partial charge in [-0.25, -0.2) is 0 Å². The molecule has 0 atom stereocenters. The maximum absolute atomic E-state index is 12.4. The van der Waals surface area contributed by atoms with Gasteiger partial charge in [-0.15, -0.1) is 0 Å². The number of rotatable bonds is 7. The Labute approximate surface area is 146 Å². The summed E-state index contributed by atoms with van der Waals surface area (Å²) in [6, 6.07) is 6.30. The first kappa shape index (κ1) is 18.4. The van der Waals surface area contributed by atoms with Crippen LogP contribution in [0.4, 0.5) is 11.4 Å². The molecular formula is C17H23N5O3. The summed E-state index contributed by atoms with van der Waals surface area (Å²) in [5.74, 6) is -0.319. The summed E-state index contributed by atoms with van der Waals surface area (Å²) in [6.45, 7) is 5.10. The molecule has 2 aromatic rings. The molecule has 0 radical (unpaired) electrons. The largest absolute Gasteiger partial charge is 0.377 e. The summed E-state index contributed by atoms with van der Waals surface area (Å²) in [5, 5.41) is 18.2. The van der Waals surface area contributed by atoms with Crippen molar-refractivity contribution < 1.29 is 9.72 Å². The minimum atomic E-state index is -0.501. The van der Waals surface area contributed by atoms with Gasteiger partial charge in [-0.2, -0.15) is 5.10 Å². The third kappa shape index (κ3) is 4.56. The Morgan fingerprint density at radius 3 is 2.60 bits per heavy atom. The lowest BCUT2D eigenvalue weighted by Gasteiger charge is -2.17. The Hall–Kier alpha value is -2.90. The molecular weight excluding hydrogens is 322 g/mol. The molecule has 1 N–H and O–H groups in total. The van der Waals surface area contributed by atoms with Gasteiger partial charge in [0.25, 0.3) is 11.6 Å². The predicted octanol–water partition coefficient (Wildman–Crippen LogP) is 2.29. The summed E-state index contributed by atoms with van der Waals surface area (Å²) in [4.78, 5) is 24.7. The molecule has 1 aromatic carbocycles. The predicted molar refractivity (Wildman–Crippen MR) is 96.1 cm³/mol. The number of benzene rings is 1. The number of carbonyl (C=O) groups excluding carboxylic acids is 1. The van der Waals surface area contributed by atoms with Gasteiger partial charge in [-0.05, 0) is 32.4 Å². The smallest absolute Gasteiger partial charge is 0.270 e. The third-order valence-electron chi connectivity index (χ3n) is 3.85. The summed E-state index contributed by atoms with van der Waals surface area (Å²) in [6.07, 6.45) is 0.722. The Kier molecular flexibility index (Phi) is 5.74. The van der Waals surface area contributed by atoms with E-state index in [1.165, 1.54) is 12.1 Å². The number of anilines is 1. The van der Waals surface area contributed by atoms with Gasteiger partial charge in [0.05, 0.1) is 16.2 Å². The molecule has 0 saturated heterocycles. The third-order valence-corrected chi connectivity index (χ3v) is 3.85. The van der Waals surface area contributed by atoms with Gasteiger partial charge in [-0.3, -0.25) is 19.6 Å². The van der Waals surface area contributed by atoms with Gasteiger partial charge in [0.2, 0.25) is 0 Å². The molecule has 0 unspecified atom stereocenters. The van der Waals surface area contributed by atoms with Gasteiger partial charge >= 0.3 is 0 Å². The number of hydrogen-bond acceptors (Lipinski definition) is 5. The van der Waals surface area contributed by atoms with Crippen molar-refractivity contribution in [1.29, 1.82) is 0 Å². The van der Waals surface area contributed by atoms with Gasteiger partial charge in [0, 0.05) is 50.7 Å². The highest BCUT2D eigenvalue weighted by Gasteiger charge is 2.17. The van der Waals surface area contributed by atoms with Crippen LogP contribution in [0.5, 0.6) is 0 Å². The Morgan fingerprint density at radius 2 is 2.04 bits per heavy atom. The maximum Gasteiger partial charge on any atom is 0.270 e. The van der Waals surface area contributed by atoms with E-state index in [0.29, 0.717) is 24.3 Å². The first-order valence-electron chi connectivity index (χ1n) is 8.04. The zero-order chi connectivity index (χ0) is 18.6. The first-order chi connectivity index (χ1) is 11.8. The van der Waals surface area contributed by atoms with Gasteiger partial charge in [0.15, 0.2) is 0 Å². The normalized spacial score (nSPS) is 10.6. The van der Waals surface area contributed by atoms with E-state index in [2.05, 4.69) is 10.4 Å². The molecule has 0 spiro atoms. The number of nitrogens with one attached hydrogen (secondary N) is 1. The number of nitrogens with zero attached hydrogens (tertiary/aromatic N) is 4. The van der Waals surface area contributed by atoms with E-state index in [1.54, 1.807) is 25.1 Å². The standard InChI is InChI=1S/C17H23N5O3/c1-12-10-13(2)21(19-12)9-5-8-18-17(23)15-11-14(22(24)25)6-7-16(15)20(3)4/h6-7,10-11H,5,8-9H2,1-4H3,(H,18,23). The minimum absolute atomic E-state index is 0.0987. The molecule has 134 valence electrons. The molecule has 0 fully saturated rings. The summed E-state index contributed by atoms with van der Waals surface area (Å²) >= 11 is 0. The molecule has 8 nitrogen and oxygen atoms in total. The summed E-state index contributed by atoms with van der Waals surface area (Å²) in [7, 11) is 3.58. The molecule has 8 heteroatoms. The van der Waals surface area contributed by atoms with E-state index < -0.39 is 4.92 Å². The van der Waals surface area contributed by atoms with Crippen molar-refractivity contribution in [3.8, 4) is 0 Å². The number of nitro groups is 1. The highest BCUT2D eigenvalue weighted by molar-refractivity contribution is 6.00. The molecule has 1 amide bonds. The van der Waals surface area contributed by atoms with Gasteiger partial charge in [-0.1, -0.05) is 0 Å². The monoisotopic (exact) mass is 345 g/mol. The number of non-ortho nitro benzene ring substituents is 1. The van der Waals surface area contributed by atoms with Crippen LogP contribution in [0.2, 0.25) is 0 Å². The molecule has 0 aliphatic heterocycles. The summed E-state index contributed by atoms with van der Waals surface area (Å²) < 4.78 is 1.90. The van der Waals surface area contributed by atoms with Crippen molar-refractivity contribution in [1.82, 2.24) is 15.1 Å². The minimum Gasteiger partial charge on any atom is -0.377 e. The van der Waals surface area contributed by atoms with Crippen LogP contribution in [0, 0.1) is 24.0 Å². The van der Waals surface area contributed by atoms with E-state index in [-0.39, 0.29) is 11.6 Å². The van der Waals surface area contributed by atoms with Crippen LogP contribution in [-0.2, 0) is 6.54 Å². The molecule has 0 aliphatic carbocycles. The van der Waals surface area contributed by atoms with Crippen LogP contribution in [0.1, 0.15) is 28.2 Å². The van der Waals surface area contributed by atoms with Crippen LogP contribution in [-0.4, -0.2) is 41.3 Å². The summed E-state index contributed by atoms with van der Waals surface area (Å²) in [5.41, 5.74) is 2.89. The second-order valence-corrected chi connectivity index (χ2v) is 6.11. The van der Waals surface area contributed by atoms with Crippen molar-refractivity contribution in [3.05, 3.63) is 51.3 Å². The molecule has 0 bridgehead atoms. The van der Waals surface area contributed by atoms with Crippen LogP contribution < -0.4 is 10.2 Å². The molecule has 25 heavy (non-hydrogen) atoms. The molecule has 1 aromatic heterocycles. The molecule has 0 aliphatic rings. The number of aryl methyl sites for hydroxylation is 3. The number of nitro benzene ring substituents is 1. The van der Waals surface area contributed by atoms with Crippen molar-refractivity contribution in [2.24, 2.45) is 0 Å². The number of amides is 1. The lowest BCUT2D eigenvalue weighted by molar-refractivity contribution is -0.384. The quantitative estimate of drug-likeness (QED) is 0.472. The Balaban J connectivity index is 2.01. The van der Waals surface area contributed by atoms with Crippen molar-refractivity contribution in [3.63, 3.8) is 0 Å². The topological polar surface area (TPSA) is 93.3 Å². The second-order valence-electron chi connectivity index (χ2n) is 6.11. The highest BCUT2D eigenvalue weighted by Crippen LogP contribution is 2.24. The molecule has 0 saturated carbocycles. The fourth-order valence-electron chi connectivity index (χ4n) is 2.64. The van der Waals surface area contributed by atoms with E-state index in [0.717, 1.165) is 17.8 Å². The number of hydrogen-bond donors (Lipinski definition) is 1. The van der Waals surface area contributed by atoms with Gasteiger partial charge < -0.3 is 10.2 Å².